The van der Waals surface area contributed by atoms with Crippen molar-refractivity contribution in [1.82, 2.24) is 5.32 Å². The molecule has 0 fully saturated rings. The average molecular weight is 421 g/mol. The molecule has 0 saturated carbocycles. The monoisotopic (exact) mass is 421 g/mol. The fourth-order valence-corrected chi connectivity index (χ4v) is 3.19. The summed E-state index contributed by atoms with van der Waals surface area (Å²) in [5.74, 6) is -0.932. The average Bonchev–Trinajstić information content (AvgIpc) is 2.78. The lowest BCUT2D eigenvalue weighted by molar-refractivity contribution is -0.136. The van der Waals surface area contributed by atoms with E-state index < -0.39 is 5.97 Å². The van der Waals surface area contributed by atoms with Crippen LogP contribution in [0.2, 0.25) is 0 Å². The van der Waals surface area contributed by atoms with Crippen LogP contribution in [0.15, 0.2) is 72.8 Å². The number of halogens is 1. The van der Waals surface area contributed by atoms with Gasteiger partial charge in [0.25, 0.3) is 5.91 Å². The van der Waals surface area contributed by atoms with Crippen LogP contribution in [-0.4, -0.2) is 23.5 Å². The summed E-state index contributed by atoms with van der Waals surface area (Å²) in [6.45, 7) is 2.09. The topological polar surface area (TPSA) is 75.6 Å². The van der Waals surface area contributed by atoms with Gasteiger partial charge in [0.15, 0.2) is 0 Å². The summed E-state index contributed by atoms with van der Waals surface area (Å²) in [5.41, 5.74) is 2.76. The van der Waals surface area contributed by atoms with Crippen LogP contribution in [0.1, 0.15) is 41.8 Å². The van der Waals surface area contributed by atoms with Gasteiger partial charge in [-0.05, 0) is 47.9 Å². The van der Waals surface area contributed by atoms with Crippen molar-refractivity contribution in [2.45, 2.75) is 25.9 Å². The molecule has 0 radical (unpaired) electrons. The molecular formula is C25H24FNO4. The highest BCUT2D eigenvalue weighted by molar-refractivity contribution is 5.94. The van der Waals surface area contributed by atoms with Crippen molar-refractivity contribution in [3.8, 4) is 16.9 Å². The number of benzene rings is 3. The van der Waals surface area contributed by atoms with Crippen molar-refractivity contribution in [1.29, 1.82) is 0 Å². The highest BCUT2D eigenvalue weighted by atomic mass is 19.1. The van der Waals surface area contributed by atoms with Gasteiger partial charge in [0.05, 0.1) is 6.42 Å². The van der Waals surface area contributed by atoms with Crippen LogP contribution in [0.4, 0.5) is 4.39 Å². The number of carboxylic acids is 1. The normalized spacial score (nSPS) is 11.5. The predicted molar refractivity (Wildman–Crippen MR) is 117 cm³/mol. The van der Waals surface area contributed by atoms with Crippen LogP contribution >= 0.6 is 0 Å². The molecule has 6 heteroatoms. The number of carbonyl (C=O) groups excluding carboxylic acids is 1. The Balaban J connectivity index is 1.65. The number of amides is 1. The molecule has 0 aromatic heterocycles. The van der Waals surface area contributed by atoms with E-state index in [0.717, 1.165) is 17.5 Å². The van der Waals surface area contributed by atoms with Crippen molar-refractivity contribution in [3.05, 3.63) is 89.7 Å². The first kappa shape index (κ1) is 22.0. The Bertz CT molecular complexity index is 1030. The summed E-state index contributed by atoms with van der Waals surface area (Å²) in [6, 6.07) is 21.0. The first-order valence-electron chi connectivity index (χ1n) is 10.1. The molecule has 1 atom stereocenters. The zero-order valence-electron chi connectivity index (χ0n) is 17.2. The predicted octanol–water partition coefficient (Wildman–Crippen LogP) is 5.23. The van der Waals surface area contributed by atoms with E-state index in [-0.39, 0.29) is 30.8 Å². The van der Waals surface area contributed by atoms with Gasteiger partial charge in [-0.2, -0.15) is 0 Å². The van der Waals surface area contributed by atoms with Gasteiger partial charge < -0.3 is 15.2 Å². The number of hydrogen-bond donors (Lipinski definition) is 2. The molecule has 0 heterocycles. The van der Waals surface area contributed by atoms with Crippen LogP contribution in [-0.2, 0) is 4.79 Å². The summed E-state index contributed by atoms with van der Waals surface area (Å²) >= 11 is 0. The highest BCUT2D eigenvalue weighted by Crippen LogP contribution is 2.28. The van der Waals surface area contributed by atoms with Gasteiger partial charge in [0, 0.05) is 17.7 Å². The first-order chi connectivity index (χ1) is 15.0. The Labute approximate surface area is 180 Å². The van der Waals surface area contributed by atoms with Crippen molar-refractivity contribution < 1.29 is 23.8 Å². The van der Waals surface area contributed by atoms with Gasteiger partial charge in [-0.25, -0.2) is 4.39 Å². The summed E-state index contributed by atoms with van der Waals surface area (Å²) < 4.78 is 20.1. The number of nitrogens with one attached hydrogen (secondary N) is 1. The minimum Gasteiger partial charge on any atom is -0.486 e. The Morgan fingerprint density at radius 2 is 1.68 bits per heavy atom. The molecule has 1 unspecified atom stereocenters. The van der Waals surface area contributed by atoms with Gasteiger partial charge in [0.2, 0.25) is 0 Å². The standard InChI is InChI=1S/C25H24FNO4/c1-2-23(18-9-7-17(8-10-18)21-5-3-4-6-22(21)26)31-20-13-11-19(12-14-20)25(30)27-16-15-24(28)29/h3-14,23H,2,15-16H2,1H3,(H,27,30)(H,28,29). The van der Waals surface area contributed by atoms with Crippen LogP contribution in [0.3, 0.4) is 0 Å². The number of carbonyl (C=O) groups is 2. The van der Waals surface area contributed by atoms with Crippen LogP contribution < -0.4 is 10.1 Å². The van der Waals surface area contributed by atoms with Gasteiger partial charge in [-0.1, -0.05) is 49.4 Å². The maximum atomic E-state index is 14.0. The summed E-state index contributed by atoms with van der Waals surface area (Å²) in [5, 5.41) is 11.2. The van der Waals surface area contributed by atoms with E-state index in [0.29, 0.717) is 16.9 Å². The molecule has 1 amide bonds. The quantitative estimate of drug-likeness (QED) is 0.496. The molecule has 3 aromatic carbocycles. The molecule has 0 spiro atoms. The molecular weight excluding hydrogens is 397 g/mol. The molecule has 31 heavy (non-hydrogen) atoms. The number of carboxylic acid groups (broad SMARTS) is 1. The zero-order valence-corrected chi connectivity index (χ0v) is 17.2. The lowest BCUT2D eigenvalue weighted by atomic mass is 10.0. The number of hydrogen-bond acceptors (Lipinski definition) is 3. The van der Waals surface area contributed by atoms with Crippen LogP contribution in [0.5, 0.6) is 5.75 Å². The fraction of sp³-hybridized carbons (Fsp3) is 0.200. The van der Waals surface area contributed by atoms with E-state index in [2.05, 4.69) is 5.32 Å². The minimum atomic E-state index is -0.961. The maximum absolute atomic E-state index is 14.0. The van der Waals surface area contributed by atoms with Crippen molar-refractivity contribution in [3.63, 3.8) is 0 Å². The number of rotatable bonds is 9. The van der Waals surface area contributed by atoms with E-state index in [1.165, 1.54) is 6.07 Å². The van der Waals surface area contributed by atoms with Crippen LogP contribution in [0.25, 0.3) is 11.1 Å². The third-order valence-corrected chi connectivity index (χ3v) is 4.86. The Morgan fingerprint density at radius 1 is 1.00 bits per heavy atom. The largest absolute Gasteiger partial charge is 0.486 e. The second-order valence-electron chi connectivity index (χ2n) is 7.04. The molecule has 3 aromatic rings. The molecule has 0 aliphatic carbocycles. The lowest BCUT2D eigenvalue weighted by Gasteiger charge is -2.19. The third-order valence-electron chi connectivity index (χ3n) is 4.86. The Morgan fingerprint density at radius 3 is 2.29 bits per heavy atom. The smallest absolute Gasteiger partial charge is 0.305 e. The SMILES string of the molecule is CCC(Oc1ccc(C(=O)NCCC(=O)O)cc1)c1ccc(-c2ccccc2F)cc1. The van der Waals surface area contributed by atoms with Gasteiger partial charge in [-0.15, -0.1) is 0 Å². The molecule has 160 valence electrons. The van der Waals surface area contributed by atoms with Gasteiger partial charge >= 0.3 is 5.97 Å². The fourth-order valence-electron chi connectivity index (χ4n) is 3.19. The second kappa shape index (κ2) is 10.4. The number of aliphatic carboxylic acids is 1. The molecule has 2 N–H and O–H groups in total. The molecule has 0 aliphatic heterocycles. The third kappa shape index (κ3) is 5.92. The van der Waals surface area contributed by atoms with E-state index in [4.69, 9.17) is 9.84 Å². The summed E-state index contributed by atoms with van der Waals surface area (Å²) in [7, 11) is 0. The minimum absolute atomic E-state index is 0.0766. The van der Waals surface area contributed by atoms with E-state index >= 15 is 0 Å². The van der Waals surface area contributed by atoms with Crippen molar-refractivity contribution >= 4 is 11.9 Å². The summed E-state index contributed by atoms with van der Waals surface area (Å²) in [6.07, 6.45) is 0.419. The Kier molecular flexibility index (Phi) is 7.38. The second-order valence-corrected chi connectivity index (χ2v) is 7.04. The van der Waals surface area contributed by atoms with Gasteiger partial charge in [0.1, 0.15) is 17.7 Å². The van der Waals surface area contributed by atoms with E-state index in [9.17, 15) is 14.0 Å². The first-order valence-corrected chi connectivity index (χ1v) is 10.1. The van der Waals surface area contributed by atoms with E-state index in [1.54, 1.807) is 42.5 Å². The van der Waals surface area contributed by atoms with E-state index in [1.807, 2.05) is 31.2 Å². The summed E-state index contributed by atoms with van der Waals surface area (Å²) in [4.78, 5) is 22.6. The lowest BCUT2D eigenvalue weighted by Crippen LogP contribution is -2.25. The molecule has 3 rings (SSSR count). The van der Waals surface area contributed by atoms with Gasteiger partial charge in [-0.3, -0.25) is 9.59 Å². The zero-order chi connectivity index (χ0) is 22.2. The Hall–Kier alpha value is -3.67. The molecule has 0 bridgehead atoms. The van der Waals surface area contributed by atoms with Crippen LogP contribution in [0, 0.1) is 5.82 Å². The maximum Gasteiger partial charge on any atom is 0.305 e. The van der Waals surface area contributed by atoms with Crippen molar-refractivity contribution in [2.75, 3.05) is 6.54 Å². The molecule has 0 saturated heterocycles. The molecule has 5 nitrogen and oxygen atoms in total. The van der Waals surface area contributed by atoms with Crippen molar-refractivity contribution in [2.24, 2.45) is 0 Å². The molecule has 0 aliphatic rings. The highest BCUT2D eigenvalue weighted by Gasteiger charge is 2.13. The number of ether oxygens (including phenoxy) is 1.